The van der Waals surface area contributed by atoms with Gasteiger partial charge in [0.15, 0.2) is 0 Å². The number of hydrogen-bond donors (Lipinski definition) is 1. The fourth-order valence-electron chi connectivity index (χ4n) is 3.75. The van der Waals surface area contributed by atoms with Crippen LogP contribution in [0.3, 0.4) is 0 Å². The molecule has 1 aromatic rings. The number of benzene rings is 1. The Morgan fingerprint density at radius 2 is 1.54 bits per heavy atom. The lowest BCUT2D eigenvalue weighted by Crippen LogP contribution is -2.48. The summed E-state index contributed by atoms with van der Waals surface area (Å²) in [5, 5.41) is 3.04. The number of hydrogen-bond acceptors (Lipinski definition) is 3. The van der Waals surface area contributed by atoms with E-state index in [-0.39, 0.29) is 35.9 Å². The van der Waals surface area contributed by atoms with E-state index in [9.17, 15) is 22.0 Å². The fraction of sp³-hybridized carbons (Fsp3) is 0.611. The van der Waals surface area contributed by atoms with Crippen molar-refractivity contribution >= 4 is 15.9 Å². The Morgan fingerprint density at radius 3 is 2.12 bits per heavy atom. The van der Waals surface area contributed by atoms with Crippen LogP contribution in [0.4, 0.5) is 8.78 Å². The van der Waals surface area contributed by atoms with Crippen molar-refractivity contribution in [1.82, 2.24) is 9.62 Å². The maximum atomic E-state index is 13.3. The topological polar surface area (TPSA) is 66.5 Å². The molecule has 1 aliphatic heterocycles. The Balaban J connectivity index is 1.58. The third-order valence-corrected chi connectivity index (χ3v) is 7.13. The lowest BCUT2D eigenvalue weighted by molar-refractivity contribution is -0.126. The third-order valence-electron chi connectivity index (χ3n) is 5.25. The predicted molar refractivity (Wildman–Crippen MR) is 92.9 cm³/mol. The molecule has 8 heteroatoms. The summed E-state index contributed by atoms with van der Waals surface area (Å²) in [6, 6.07) is 2.25. The van der Waals surface area contributed by atoms with E-state index >= 15 is 0 Å². The second-order valence-corrected chi connectivity index (χ2v) is 9.06. The van der Waals surface area contributed by atoms with E-state index in [2.05, 4.69) is 5.32 Å². The molecule has 3 rings (SSSR count). The molecular formula is C18H24F2N2O3S. The van der Waals surface area contributed by atoms with Gasteiger partial charge in [0.25, 0.3) is 0 Å². The molecule has 0 bridgehead atoms. The van der Waals surface area contributed by atoms with E-state index in [1.807, 2.05) is 0 Å². The van der Waals surface area contributed by atoms with Gasteiger partial charge in [0.05, 0.1) is 4.90 Å². The molecule has 0 unspecified atom stereocenters. The summed E-state index contributed by atoms with van der Waals surface area (Å²) in [4.78, 5) is 11.9. The summed E-state index contributed by atoms with van der Waals surface area (Å²) in [5.41, 5.74) is 0. The monoisotopic (exact) mass is 386 g/mol. The van der Waals surface area contributed by atoms with Crippen molar-refractivity contribution in [2.75, 3.05) is 13.1 Å². The van der Waals surface area contributed by atoms with E-state index in [0.29, 0.717) is 18.9 Å². The molecule has 1 heterocycles. The summed E-state index contributed by atoms with van der Waals surface area (Å²) >= 11 is 0. The number of rotatable bonds is 4. The average Bonchev–Trinajstić information content (AvgIpc) is 2.62. The van der Waals surface area contributed by atoms with Gasteiger partial charge in [-0.1, -0.05) is 19.3 Å². The molecular weight excluding hydrogens is 362 g/mol. The Bertz CT molecular complexity index is 735. The summed E-state index contributed by atoms with van der Waals surface area (Å²) < 4.78 is 53.0. The van der Waals surface area contributed by atoms with Gasteiger partial charge in [-0.25, -0.2) is 17.2 Å². The lowest BCUT2D eigenvalue weighted by atomic mass is 9.88. The normalized spacial score (nSPS) is 20.8. The molecule has 1 N–H and O–H groups in total. The highest BCUT2D eigenvalue weighted by Crippen LogP contribution is 2.25. The van der Waals surface area contributed by atoms with Gasteiger partial charge in [-0.15, -0.1) is 0 Å². The fourth-order valence-corrected chi connectivity index (χ4v) is 5.26. The summed E-state index contributed by atoms with van der Waals surface area (Å²) in [6.45, 7) is 0.437. The van der Waals surface area contributed by atoms with Crippen LogP contribution in [0, 0.1) is 17.6 Å². The Labute approximate surface area is 152 Å². The molecule has 0 aromatic heterocycles. The maximum Gasteiger partial charge on any atom is 0.243 e. The van der Waals surface area contributed by atoms with Gasteiger partial charge in [-0.05, 0) is 37.8 Å². The van der Waals surface area contributed by atoms with Crippen molar-refractivity contribution < 1.29 is 22.0 Å². The van der Waals surface area contributed by atoms with Gasteiger partial charge in [0, 0.05) is 31.1 Å². The Morgan fingerprint density at radius 1 is 0.962 bits per heavy atom. The number of amides is 1. The lowest BCUT2D eigenvalue weighted by Gasteiger charge is -2.32. The molecule has 144 valence electrons. The van der Waals surface area contributed by atoms with E-state index in [0.717, 1.165) is 37.8 Å². The third kappa shape index (κ3) is 4.40. The maximum absolute atomic E-state index is 13.3. The van der Waals surface area contributed by atoms with Crippen LogP contribution in [0.2, 0.25) is 0 Å². The van der Waals surface area contributed by atoms with Crippen LogP contribution < -0.4 is 5.32 Å². The van der Waals surface area contributed by atoms with Crippen LogP contribution in [-0.4, -0.2) is 37.8 Å². The molecule has 0 spiro atoms. The zero-order valence-electron chi connectivity index (χ0n) is 14.6. The van der Waals surface area contributed by atoms with Crippen LogP contribution in [0.1, 0.15) is 44.9 Å². The average molecular weight is 386 g/mol. The second kappa shape index (κ2) is 8.00. The highest BCUT2D eigenvalue weighted by molar-refractivity contribution is 7.89. The minimum atomic E-state index is -3.94. The molecule has 1 saturated heterocycles. The number of halogens is 2. The van der Waals surface area contributed by atoms with Crippen molar-refractivity contribution in [2.45, 2.75) is 55.9 Å². The minimum absolute atomic E-state index is 0.0554. The van der Waals surface area contributed by atoms with Gasteiger partial charge in [0.1, 0.15) is 11.6 Å². The molecule has 2 fully saturated rings. The van der Waals surface area contributed by atoms with Crippen molar-refractivity contribution in [3.8, 4) is 0 Å². The highest BCUT2D eigenvalue weighted by Gasteiger charge is 2.31. The van der Waals surface area contributed by atoms with Gasteiger partial charge < -0.3 is 5.32 Å². The first-order chi connectivity index (χ1) is 12.4. The van der Waals surface area contributed by atoms with Crippen molar-refractivity contribution in [3.63, 3.8) is 0 Å². The second-order valence-electron chi connectivity index (χ2n) is 7.13. The summed E-state index contributed by atoms with van der Waals surface area (Å²) in [7, 11) is -3.94. The molecule has 0 atom stereocenters. The van der Waals surface area contributed by atoms with E-state index in [1.165, 1.54) is 10.7 Å². The highest BCUT2D eigenvalue weighted by atomic mass is 32.2. The molecule has 1 aromatic carbocycles. The van der Waals surface area contributed by atoms with Crippen molar-refractivity contribution in [1.29, 1.82) is 0 Å². The van der Waals surface area contributed by atoms with Crippen molar-refractivity contribution in [3.05, 3.63) is 29.8 Å². The summed E-state index contributed by atoms with van der Waals surface area (Å²) in [6.07, 6.45) is 6.18. The molecule has 5 nitrogen and oxygen atoms in total. The number of carbonyl (C=O) groups excluding carboxylic acids is 1. The number of sulfonamides is 1. The molecule has 0 radical (unpaired) electrons. The molecule has 1 aliphatic carbocycles. The first kappa shape index (κ1) is 19.2. The van der Waals surface area contributed by atoms with Crippen LogP contribution in [0.5, 0.6) is 0 Å². The first-order valence-electron chi connectivity index (χ1n) is 9.13. The van der Waals surface area contributed by atoms with E-state index < -0.39 is 21.7 Å². The van der Waals surface area contributed by atoms with Gasteiger partial charge in [-0.2, -0.15) is 4.31 Å². The van der Waals surface area contributed by atoms with Crippen LogP contribution in [0.15, 0.2) is 23.1 Å². The van der Waals surface area contributed by atoms with Crippen LogP contribution >= 0.6 is 0 Å². The molecule has 26 heavy (non-hydrogen) atoms. The SMILES string of the molecule is O=C(NC1CCN(S(=O)(=O)c2cc(F)cc(F)c2)CC1)C1CCCCC1. The van der Waals surface area contributed by atoms with E-state index in [1.54, 1.807) is 0 Å². The largest absolute Gasteiger partial charge is 0.353 e. The minimum Gasteiger partial charge on any atom is -0.353 e. The van der Waals surface area contributed by atoms with Crippen LogP contribution in [-0.2, 0) is 14.8 Å². The smallest absolute Gasteiger partial charge is 0.243 e. The van der Waals surface area contributed by atoms with Crippen molar-refractivity contribution in [2.24, 2.45) is 5.92 Å². The van der Waals surface area contributed by atoms with Gasteiger partial charge in [0.2, 0.25) is 15.9 Å². The molecule has 2 aliphatic rings. The predicted octanol–water partition coefficient (Wildman–Crippen LogP) is 2.81. The standard InChI is InChI=1S/C18H24F2N2O3S/c19-14-10-15(20)12-17(11-14)26(24,25)22-8-6-16(7-9-22)21-18(23)13-4-2-1-3-5-13/h10-13,16H,1-9H2,(H,21,23). The van der Waals surface area contributed by atoms with Gasteiger partial charge in [-0.3, -0.25) is 4.79 Å². The summed E-state index contributed by atoms with van der Waals surface area (Å²) in [5.74, 6) is -1.70. The number of nitrogens with one attached hydrogen (secondary N) is 1. The first-order valence-corrected chi connectivity index (χ1v) is 10.6. The number of carbonyl (C=O) groups is 1. The number of piperidine rings is 1. The zero-order chi connectivity index (χ0) is 18.7. The van der Waals surface area contributed by atoms with Crippen LogP contribution in [0.25, 0.3) is 0 Å². The quantitative estimate of drug-likeness (QED) is 0.865. The molecule has 1 saturated carbocycles. The Kier molecular flexibility index (Phi) is 5.92. The zero-order valence-corrected chi connectivity index (χ0v) is 15.4. The van der Waals surface area contributed by atoms with E-state index in [4.69, 9.17) is 0 Å². The molecule has 1 amide bonds. The Hall–Kier alpha value is -1.54. The van der Waals surface area contributed by atoms with Gasteiger partial charge >= 0.3 is 0 Å². The number of nitrogens with zero attached hydrogens (tertiary/aromatic N) is 1.